The van der Waals surface area contributed by atoms with Crippen LogP contribution in [-0.4, -0.2) is 23.7 Å². The molecule has 10 heteroatoms. The minimum atomic E-state index is -4.32. The Hall–Kier alpha value is -3.11. The third kappa shape index (κ3) is 3.86. The zero-order valence-corrected chi connectivity index (χ0v) is 14.4. The highest BCUT2D eigenvalue weighted by atomic mass is 32.2. The van der Waals surface area contributed by atoms with E-state index in [-0.39, 0.29) is 40.1 Å². The number of nitriles is 2. The summed E-state index contributed by atoms with van der Waals surface area (Å²) in [4.78, 5) is 3.97. The molecule has 0 saturated heterocycles. The Labute approximate surface area is 156 Å². The first-order valence-corrected chi connectivity index (χ1v) is 8.56. The van der Waals surface area contributed by atoms with E-state index in [1.165, 1.54) is 0 Å². The lowest BCUT2D eigenvalue weighted by molar-refractivity contribution is -0.129. The molecule has 1 aromatic heterocycles. The number of hydrogen-bond donors (Lipinski definition) is 1. The molecule has 2 N–H and O–H groups in total. The molecule has 0 aliphatic carbocycles. The van der Waals surface area contributed by atoms with E-state index in [2.05, 4.69) is 4.98 Å². The summed E-state index contributed by atoms with van der Waals surface area (Å²) in [6.07, 6.45) is -5.36. The van der Waals surface area contributed by atoms with Gasteiger partial charge in [0.2, 0.25) is 6.79 Å². The molecule has 138 valence electrons. The van der Waals surface area contributed by atoms with Crippen molar-refractivity contribution < 1.29 is 22.6 Å². The number of anilines is 1. The van der Waals surface area contributed by atoms with Crippen LogP contribution in [0.5, 0.6) is 11.5 Å². The highest BCUT2D eigenvalue weighted by Gasteiger charge is 2.28. The average molecular weight is 392 g/mol. The van der Waals surface area contributed by atoms with Crippen LogP contribution in [0.4, 0.5) is 19.0 Å². The van der Waals surface area contributed by atoms with Crippen molar-refractivity contribution in [2.45, 2.75) is 17.6 Å². The zero-order chi connectivity index (χ0) is 19.6. The molecule has 2 heterocycles. The van der Waals surface area contributed by atoms with E-state index in [4.69, 9.17) is 15.2 Å². The van der Waals surface area contributed by atoms with Crippen LogP contribution in [0.25, 0.3) is 11.1 Å². The number of ether oxygens (including phenoxy) is 2. The van der Waals surface area contributed by atoms with E-state index in [9.17, 15) is 23.7 Å². The molecule has 2 aromatic rings. The fraction of sp³-hybridized carbons (Fsp3) is 0.235. The lowest BCUT2D eigenvalue weighted by Gasteiger charge is -2.13. The van der Waals surface area contributed by atoms with Gasteiger partial charge >= 0.3 is 6.18 Å². The molecule has 0 atom stereocenters. The van der Waals surface area contributed by atoms with E-state index in [1.807, 2.05) is 12.1 Å². The summed E-state index contributed by atoms with van der Waals surface area (Å²) in [7, 11) is 0. The van der Waals surface area contributed by atoms with Gasteiger partial charge in [-0.1, -0.05) is 6.07 Å². The second kappa shape index (κ2) is 7.25. The van der Waals surface area contributed by atoms with E-state index in [0.29, 0.717) is 17.1 Å². The zero-order valence-electron chi connectivity index (χ0n) is 13.6. The molecular formula is C17H11F3N4O2S. The highest BCUT2D eigenvalue weighted by molar-refractivity contribution is 7.99. The summed E-state index contributed by atoms with van der Waals surface area (Å²) in [6, 6.07) is 8.67. The van der Waals surface area contributed by atoms with Crippen molar-refractivity contribution in [3.63, 3.8) is 0 Å². The van der Waals surface area contributed by atoms with Gasteiger partial charge in [0.15, 0.2) is 11.5 Å². The molecule has 0 unspecified atom stereocenters. The number of nitrogen functional groups attached to an aromatic ring is 1. The molecule has 6 nitrogen and oxygen atoms in total. The maximum Gasteiger partial charge on any atom is 0.389 e. The minimum Gasteiger partial charge on any atom is -0.454 e. The van der Waals surface area contributed by atoms with Gasteiger partial charge in [0, 0.05) is 11.3 Å². The minimum absolute atomic E-state index is 0.00760. The lowest BCUT2D eigenvalue weighted by atomic mass is 9.96. The van der Waals surface area contributed by atoms with Gasteiger partial charge in [0.25, 0.3) is 0 Å². The first-order chi connectivity index (χ1) is 12.8. The molecule has 0 amide bonds. The van der Waals surface area contributed by atoms with Gasteiger partial charge in [-0.3, -0.25) is 0 Å². The topological polar surface area (TPSA) is 105 Å². The number of alkyl halides is 3. The molecule has 0 bridgehead atoms. The number of fused-ring (bicyclic) bond motifs is 1. The standard InChI is InChI=1S/C17H11F3N4O2S/c18-17(19,20)3-4-27-16-11(7-22)14(10(6-21)15(23)24-16)9-1-2-12-13(5-9)26-8-25-12/h1-2,5H,3-4,8H2,(H2,23,24). The number of pyridine rings is 1. The number of thioether (sulfide) groups is 1. The summed E-state index contributed by atoms with van der Waals surface area (Å²) < 4.78 is 47.8. The molecule has 0 saturated carbocycles. The predicted molar refractivity (Wildman–Crippen MR) is 91.0 cm³/mol. The van der Waals surface area contributed by atoms with E-state index >= 15 is 0 Å². The number of rotatable bonds is 4. The Bertz CT molecular complexity index is 980. The van der Waals surface area contributed by atoms with Gasteiger partial charge < -0.3 is 15.2 Å². The number of nitrogens with zero attached hydrogens (tertiary/aromatic N) is 3. The SMILES string of the molecule is N#Cc1c(N)nc(SCCC(F)(F)F)c(C#N)c1-c1ccc2c(c1)OCO2. The number of aromatic nitrogens is 1. The van der Waals surface area contributed by atoms with Gasteiger partial charge in [-0.05, 0) is 17.7 Å². The van der Waals surface area contributed by atoms with E-state index in [0.717, 1.165) is 11.8 Å². The molecule has 0 radical (unpaired) electrons. The summed E-state index contributed by atoms with van der Waals surface area (Å²) in [5.74, 6) is 0.468. The first-order valence-electron chi connectivity index (χ1n) is 7.57. The van der Waals surface area contributed by atoms with Gasteiger partial charge in [-0.25, -0.2) is 4.98 Å². The largest absolute Gasteiger partial charge is 0.454 e. The second-order valence-corrected chi connectivity index (χ2v) is 6.52. The third-order valence-corrected chi connectivity index (χ3v) is 4.68. The fourth-order valence-corrected chi connectivity index (χ4v) is 3.49. The predicted octanol–water partition coefficient (Wildman–Crippen LogP) is 3.85. The quantitative estimate of drug-likeness (QED) is 0.788. The van der Waals surface area contributed by atoms with Crippen molar-refractivity contribution in [2.24, 2.45) is 0 Å². The van der Waals surface area contributed by atoms with Crippen LogP contribution < -0.4 is 15.2 Å². The van der Waals surface area contributed by atoms with Crippen LogP contribution in [-0.2, 0) is 0 Å². The Balaban J connectivity index is 2.09. The van der Waals surface area contributed by atoms with Crippen molar-refractivity contribution in [1.29, 1.82) is 10.5 Å². The maximum atomic E-state index is 12.4. The smallest absolute Gasteiger partial charge is 0.389 e. The number of halogens is 3. The van der Waals surface area contributed by atoms with Gasteiger partial charge in [-0.15, -0.1) is 11.8 Å². The van der Waals surface area contributed by atoms with Crippen LogP contribution in [0, 0.1) is 22.7 Å². The molecule has 1 aromatic carbocycles. The molecule has 3 rings (SSSR count). The van der Waals surface area contributed by atoms with Gasteiger partial charge in [0.1, 0.15) is 28.5 Å². The Kier molecular flexibility index (Phi) is 5.02. The van der Waals surface area contributed by atoms with Crippen molar-refractivity contribution in [3.8, 4) is 34.8 Å². The Morgan fingerprint density at radius 1 is 1.15 bits per heavy atom. The summed E-state index contributed by atoms with van der Waals surface area (Å²) in [5, 5.41) is 19.1. The van der Waals surface area contributed by atoms with Crippen LogP contribution >= 0.6 is 11.8 Å². The summed E-state index contributed by atoms with van der Waals surface area (Å²) >= 11 is 0.767. The maximum absolute atomic E-state index is 12.4. The normalized spacial score (nSPS) is 12.5. The van der Waals surface area contributed by atoms with Crippen LogP contribution in [0.2, 0.25) is 0 Å². The van der Waals surface area contributed by atoms with Crippen molar-refractivity contribution in [1.82, 2.24) is 4.98 Å². The highest BCUT2D eigenvalue weighted by Crippen LogP contribution is 2.41. The second-order valence-electron chi connectivity index (χ2n) is 5.43. The fourth-order valence-electron chi connectivity index (χ4n) is 2.51. The Morgan fingerprint density at radius 2 is 1.85 bits per heavy atom. The number of hydrogen-bond acceptors (Lipinski definition) is 7. The van der Waals surface area contributed by atoms with Crippen molar-refractivity contribution in [3.05, 3.63) is 29.3 Å². The first kappa shape index (κ1) is 18.7. The third-order valence-electron chi connectivity index (χ3n) is 3.70. The summed E-state index contributed by atoms with van der Waals surface area (Å²) in [5.41, 5.74) is 6.47. The van der Waals surface area contributed by atoms with Gasteiger partial charge in [-0.2, -0.15) is 23.7 Å². The van der Waals surface area contributed by atoms with Crippen LogP contribution in [0.3, 0.4) is 0 Å². The molecular weight excluding hydrogens is 381 g/mol. The molecule has 0 fully saturated rings. The summed E-state index contributed by atoms with van der Waals surface area (Å²) in [6.45, 7) is 0.0476. The van der Waals surface area contributed by atoms with E-state index in [1.54, 1.807) is 18.2 Å². The van der Waals surface area contributed by atoms with E-state index < -0.39 is 12.6 Å². The molecule has 27 heavy (non-hydrogen) atoms. The average Bonchev–Trinajstić information content (AvgIpc) is 3.07. The monoisotopic (exact) mass is 392 g/mol. The van der Waals surface area contributed by atoms with Crippen molar-refractivity contribution in [2.75, 3.05) is 18.3 Å². The number of benzene rings is 1. The Morgan fingerprint density at radius 3 is 2.52 bits per heavy atom. The molecule has 0 spiro atoms. The van der Waals surface area contributed by atoms with Gasteiger partial charge in [0.05, 0.1) is 12.0 Å². The lowest BCUT2D eigenvalue weighted by Crippen LogP contribution is -2.09. The van der Waals surface area contributed by atoms with Crippen molar-refractivity contribution >= 4 is 17.6 Å². The molecule has 1 aliphatic rings. The number of nitrogens with two attached hydrogens (primary N) is 1. The molecule has 1 aliphatic heterocycles. The van der Waals surface area contributed by atoms with Crippen LogP contribution in [0.1, 0.15) is 17.5 Å². The van der Waals surface area contributed by atoms with Crippen LogP contribution in [0.15, 0.2) is 23.2 Å².